The molecule has 3 unspecified atom stereocenters. The quantitative estimate of drug-likeness (QED) is 0.423. The van der Waals surface area contributed by atoms with E-state index in [1.165, 1.54) is 0 Å². The smallest absolute Gasteiger partial charge is 0.326 e. The molecule has 0 bridgehead atoms. The third kappa shape index (κ3) is 4.44. The summed E-state index contributed by atoms with van der Waals surface area (Å²) in [6, 6.07) is 0. The standard InChI is InChI=1S/C15H30BNO4/c1-3-5-6-9-14(4-2)11-15(17,13(18)19)12(21-14)8-7-10-16-20/h12,16,20H,3-11,17H2,1-2H3,(H,18,19). The Morgan fingerprint density at radius 2 is 2.10 bits per heavy atom. The first-order chi connectivity index (χ1) is 9.94. The molecule has 1 rings (SSSR count). The number of hydrogen-bond donors (Lipinski definition) is 3. The lowest BCUT2D eigenvalue weighted by molar-refractivity contribution is -0.146. The molecule has 4 N–H and O–H groups in total. The molecule has 0 radical (unpaired) electrons. The van der Waals surface area contributed by atoms with Gasteiger partial charge in [0.15, 0.2) is 0 Å². The maximum Gasteiger partial charge on any atom is 0.326 e. The van der Waals surface area contributed by atoms with Gasteiger partial charge in [-0.3, -0.25) is 4.79 Å². The van der Waals surface area contributed by atoms with Crippen LogP contribution in [0.5, 0.6) is 0 Å². The van der Waals surface area contributed by atoms with Crippen molar-refractivity contribution in [3.05, 3.63) is 0 Å². The first kappa shape index (κ1) is 18.5. The van der Waals surface area contributed by atoms with Gasteiger partial charge in [-0.1, -0.05) is 45.9 Å². The predicted molar refractivity (Wildman–Crippen MR) is 84.6 cm³/mol. The van der Waals surface area contributed by atoms with Gasteiger partial charge in [-0.2, -0.15) is 0 Å². The van der Waals surface area contributed by atoms with Crippen LogP contribution in [0.15, 0.2) is 0 Å². The highest BCUT2D eigenvalue weighted by atomic mass is 16.5. The molecule has 5 nitrogen and oxygen atoms in total. The molecule has 3 atom stereocenters. The minimum atomic E-state index is -1.29. The van der Waals surface area contributed by atoms with Crippen LogP contribution in [-0.2, 0) is 9.53 Å². The first-order valence-electron chi connectivity index (χ1n) is 8.25. The fourth-order valence-electron chi connectivity index (χ4n) is 3.30. The summed E-state index contributed by atoms with van der Waals surface area (Å²) in [6.07, 6.45) is 6.90. The third-order valence-electron chi connectivity index (χ3n) is 4.73. The monoisotopic (exact) mass is 299 g/mol. The van der Waals surface area contributed by atoms with E-state index in [-0.39, 0.29) is 7.48 Å². The molecule has 0 aromatic carbocycles. The Labute approximate surface area is 128 Å². The normalized spacial score (nSPS) is 32.3. The average molecular weight is 299 g/mol. The highest BCUT2D eigenvalue weighted by Crippen LogP contribution is 2.44. The van der Waals surface area contributed by atoms with Crippen molar-refractivity contribution in [1.29, 1.82) is 0 Å². The molecule has 0 aromatic heterocycles. The Kier molecular flexibility index (Phi) is 7.17. The summed E-state index contributed by atoms with van der Waals surface area (Å²) in [4.78, 5) is 11.6. The maximum atomic E-state index is 11.6. The average Bonchev–Trinajstić information content (AvgIpc) is 2.74. The lowest BCUT2D eigenvalue weighted by Crippen LogP contribution is -2.54. The van der Waals surface area contributed by atoms with Gasteiger partial charge in [0.05, 0.1) is 11.7 Å². The summed E-state index contributed by atoms with van der Waals surface area (Å²) in [6.45, 7) is 4.20. The lowest BCUT2D eigenvalue weighted by atomic mass is 9.80. The van der Waals surface area contributed by atoms with E-state index in [1.807, 2.05) is 6.92 Å². The predicted octanol–water partition coefficient (Wildman–Crippen LogP) is 1.83. The van der Waals surface area contributed by atoms with Crippen LogP contribution in [0.1, 0.15) is 65.2 Å². The Balaban J connectivity index is 2.79. The van der Waals surface area contributed by atoms with E-state index >= 15 is 0 Å². The van der Waals surface area contributed by atoms with Gasteiger partial charge in [-0.05, 0) is 19.3 Å². The van der Waals surface area contributed by atoms with Gasteiger partial charge in [0, 0.05) is 6.42 Å². The fraction of sp³-hybridized carbons (Fsp3) is 0.933. The highest BCUT2D eigenvalue weighted by Gasteiger charge is 2.56. The van der Waals surface area contributed by atoms with Gasteiger partial charge in [0.2, 0.25) is 0 Å². The Morgan fingerprint density at radius 1 is 1.38 bits per heavy atom. The molecule has 1 heterocycles. The van der Waals surface area contributed by atoms with Crippen molar-refractivity contribution in [2.24, 2.45) is 5.73 Å². The van der Waals surface area contributed by atoms with Crippen molar-refractivity contribution >= 4 is 13.5 Å². The maximum absolute atomic E-state index is 11.6. The Bertz CT molecular complexity index is 342. The summed E-state index contributed by atoms with van der Waals surface area (Å²) in [7, 11) is 0.118. The molecule has 1 aliphatic heterocycles. The van der Waals surface area contributed by atoms with E-state index in [9.17, 15) is 9.90 Å². The number of carboxylic acid groups (broad SMARTS) is 1. The fourth-order valence-corrected chi connectivity index (χ4v) is 3.30. The first-order valence-corrected chi connectivity index (χ1v) is 8.25. The Morgan fingerprint density at radius 3 is 2.62 bits per heavy atom. The van der Waals surface area contributed by atoms with Crippen molar-refractivity contribution in [2.45, 2.75) is 88.8 Å². The van der Waals surface area contributed by atoms with Gasteiger partial charge < -0.3 is 20.6 Å². The van der Waals surface area contributed by atoms with Crippen LogP contribution >= 0.6 is 0 Å². The van der Waals surface area contributed by atoms with Gasteiger partial charge in [0.25, 0.3) is 7.48 Å². The molecule has 0 aromatic rings. The molecule has 1 fully saturated rings. The van der Waals surface area contributed by atoms with Crippen LogP contribution in [0, 0.1) is 0 Å². The topological polar surface area (TPSA) is 92.8 Å². The molecule has 1 aliphatic rings. The molecule has 0 spiro atoms. The highest BCUT2D eigenvalue weighted by molar-refractivity contribution is 6.25. The summed E-state index contributed by atoms with van der Waals surface area (Å²) >= 11 is 0. The van der Waals surface area contributed by atoms with Crippen molar-refractivity contribution < 1.29 is 19.7 Å². The second-order valence-electron chi connectivity index (χ2n) is 6.34. The van der Waals surface area contributed by atoms with Crippen LogP contribution < -0.4 is 5.73 Å². The zero-order chi connectivity index (χ0) is 15.9. The minimum absolute atomic E-state index is 0.118. The molecule has 21 heavy (non-hydrogen) atoms. The van der Waals surface area contributed by atoms with Gasteiger partial charge in [-0.25, -0.2) is 0 Å². The van der Waals surface area contributed by atoms with Crippen LogP contribution in [0.3, 0.4) is 0 Å². The molecule has 0 aliphatic carbocycles. The van der Waals surface area contributed by atoms with Crippen molar-refractivity contribution in [1.82, 2.24) is 0 Å². The summed E-state index contributed by atoms with van der Waals surface area (Å²) < 4.78 is 6.18. The lowest BCUT2D eigenvalue weighted by Gasteiger charge is -2.28. The second-order valence-corrected chi connectivity index (χ2v) is 6.34. The molecule has 1 saturated heterocycles. The van der Waals surface area contributed by atoms with Gasteiger partial charge in [-0.15, -0.1) is 0 Å². The summed E-state index contributed by atoms with van der Waals surface area (Å²) in [5.41, 5.74) is 4.51. The zero-order valence-corrected chi connectivity index (χ0v) is 13.4. The number of nitrogens with two attached hydrogens (primary N) is 1. The van der Waals surface area contributed by atoms with E-state index in [4.69, 9.17) is 15.5 Å². The number of rotatable bonds is 10. The SMILES string of the molecule is CCCCCC1(CC)CC(N)(C(=O)O)C(CCCBO)O1. The Hall–Kier alpha value is -0.585. The molecule has 122 valence electrons. The second kappa shape index (κ2) is 8.15. The largest absolute Gasteiger partial charge is 0.480 e. The van der Waals surface area contributed by atoms with E-state index in [1.54, 1.807) is 0 Å². The van der Waals surface area contributed by atoms with E-state index in [0.29, 0.717) is 19.2 Å². The van der Waals surface area contributed by atoms with E-state index in [2.05, 4.69) is 6.92 Å². The third-order valence-corrected chi connectivity index (χ3v) is 4.73. The zero-order valence-electron chi connectivity index (χ0n) is 13.4. The number of ether oxygens (including phenoxy) is 1. The van der Waals surface area contributed by atoms with Crippen molar-refractivity contribution in [3.63, 3.8) is 0 Å². The van der Waals surface area contributed by atoms with Crippen LogP contribution in [0.2, 0.25) is 6.32 Å². The van der Waals surface area contributed by atoms with E-state index in [0.717, 1.165) is 38.5 Å². The molecular weight excluding hydrogens is 269 g/mol. The summed E-state index contributed by atoms with van der Waals surface area (Å²) in [5, 5.41) is 18.4. The number of unbranched alkanes of at least 4 members (excludes halogenated alkanes) is 2. The minimum Gasteiger partial charge on any atom is -0.480 e. The van der Waals surface area contributed by atoms with Crippen molar-refractivity contribution in [3.8, 4) is 0 Å². The number of hydrogen-bond acceptors (Lipinski definition) is 4. The number of carboxylic acids is 1. The molecular formula is C15H30BNO4. The molecule has 6 heteroatoms. The van der Waals surface area contributed by atoms with E-state index < -0.39 is 23.2 Å². The number of aliphatic carboxylic acids is 1. The van der Waals surface area contributed by atoms with Gasteiger partial charge >= 0.3 is 5.97 Å². The van der Waals surface area contributed by atoms with Crippen LogP contribution in [-0.4, -0.2) is 40.8 Å². The van der Waals surface area contributed by atoms with Crippen LogP contribution in [0.4, 0.5) is 0 Å². The van der Waals surface area contributed by atoms with Crippen molar-refractivity contribution in [2.75, 3.05) is 0 Å². The summed E-state index contributed by atoms with van der Waals surface area (Å²) in [5.74, 6) is -0.970. The number of carbonyl (C=O) groups is 1. The van der Waals surface area contributed by atoms with Gasteiger partial charge in [0.1, 0.15) is 5.54 Å². The van der Waals surface area contributed by atoms with Crippen LogP contribution in [0.25, 0.3) is 0 Å². The molecule has 0 amide bonds. The molecule has 0 saturated carbocycles.